The molecule has 5 nitrogen and oxygen atoms in total. The Hall–Kier alpha value is -2.70. The van der Waals surface area contributed by atoms with Crippen molar-refractivity contribution in [2.24, 2.45) is 0 Å². The Balaban J connectivity index is 1.45. The van der Waals surface area contributed by atoms with Crippen LogP contribution in [-0.2, 0) is 9.59 Å². The van der Waals surface area contributed by atoms with Crippen LogP contribution in [0.2, 0.25) is 5.02 Å². The van der Waals surface area contributed by atoms with E-state index in [0.717, 1.165) is 0 Å². The van der Waals surface area contributed by atoms with Crippen molar-refractivity contribution in [3.8, 4) is 0 Å². The number of para-hydroxylation sites is 1. The fourth-order valence-corrected chi connectivity index (χ4v) is 3.15. The lowest BCUT2D eigenvalue weighted by molar-refractivity contribution is -0.127. The number of anilines is 1. The van der Waals surface area contributed by atoms with Gasteiger partial charge in [-0.2, -0.15) is 0 Å². The normalized spacial score (nSPS) is 15.0. The largest absolute Gasteiger partial charge is 0.337 e. The average molecular weight is 402 g/mol. The van der Waals surface area contributed by atoms with Crippen LogP contribution in [-0.4, -0.2) is 54.3 Å². The maximum atomic E-state index is 13.2. The maximum absolute atomic E-state index is 13.2. The summed E-state index contributed by atoms with van der Waals surface area (Å²) in [4.78, 5) is 28.2. The molecule has 2 aromatic rings. The van der Waals surface area contributed by atoms with E-state index >= 15 is 0 Å². The number of benzene rings is 2. The second-order valence-corrected chi connectivity index (χ2v) is 6.92. The molecule has 1 aliphatic heterocycles. The summed E-state index contributed by atoms with van der Waals surface area (Å²) in [7, 11) is 0. The van der Waals surface area contributed by atoms with E-state index in [1.807, 2.05) is 11.0 Å². The molecule has 28 heavy (non-hydrogen) atoms. The van der Waals surface area contributed by atoms with Crippen LogP contribution in [0.5, 0.6) is 0 Å². The van der Waals surface area contributed by atoms with Crippen LogP contribution in [0, 0.1) is 5.82 Å². The van der Waals surface area contributed by atoms with E-state index in [4.69, 9.17) is 11.6 Å². The molecule has 0 spiro atoms. The van der Waals surface area contributed by atoms with Gasteiger partial charge in [-0.05, 0) is 35.9 Å². The summed E-state index contributed by atoms with van der Waals surface area (Å²) < 4.78 is 13.2. The van der Waals surface area contributed by atoms with Gasteiger partial charge in [0.05, 0.1) is 17.3 Å². The van der Waals surface area contributed by atoms with Crippen molar-refractivity contribution < 1.29 is 14.0 Å². The third-order valence-corrected chi connectivity index (χ3v) is 4.80. The van der Waals surface area contributed by atoms with Gasteiger partial charge in [-0.1, -0.05) is 35.9 Å². The van der Waals surface area contributed by atoms with Crippen LogP contribution in [0.1, 0.15) is 5.56 Å². The van der Waals surface area contributed by atoms with Crippen molar-refractivity contribution >= 4 is 35.2 Å². The molecular formula is C21H21ClFN3O2. The maximum Gasteiger partial charge on any atom is 0.246 e. The summed E-state index contributed by atoms with van der Waals surface area (Å²) in [6.45, 7) is 2.52. The lowest BCUT2D eigenvalue weighted by Gasteiger charge is -2.33. The summed E-state index contributed by atoms with van der Waals surface area (Å²) in [5, 5.41) is 3.30. The molecule has 2 amide bonds. The van der Waals surface area contributed by atoms with Gasteiger partial charge in [0, 0.05) is 32.3 Å². The molecule has 0 unspecified atom stereocenters. The summed E-state index contributed by atoms with van der Waals surface area (Å²) in [6, 6.07) is 13.2. The number of rotatable bonds is 5. The van der Waals surface area contributed by atoms with Crippen LogP contribution in [0.3, 0.4) is 0 Å². The standard InChI is InChI=1S/C21H21ClFN3O2/c22-18-6-1-2-7-19(18)24-20(27)15-25-10-12-26(13-11-25)21(28)9-8-16-4-3-5-17(23)14-16/h1-9,14H,10-13,15H2,(H,24,27)/b9-8+. The van der Waals surface area contributed by atoms with Crippen molar-refractivity contribution in [3.05, 3.63) is 71.0 Å². The predicted molar refractivity (Wildman–Crippen MR) is 109 cm³/mol. The number of amides is 2. The van der Waals surface area contributed by atoms with E-state index in [1.54, 1.807) is 41.3 Å². The molecule has 1 heterocycles. The molecule has 1 N–H and O–H groups in total. The number of piperazine rings is 1. The minimum atomic E-state index is -0.335. The molecule has 1 fully saturated rings. The first-order valence-corrected chi connectivity index (χ1v) is 9.38. The number of nitrogens with one attached hydrogen (secondary N) is 1. The van der Waals surface area contributed by atoms with Crippen molar-refractivity contribution in [2.45, 2.75) is 0 Å². The van der Waals surface area contributed by atoms with Crippen molar-refractivity contribution in [1.29, 1.82) is 0 Å². The Labute approximate surface area is 168 Å². The highest BCUT2D eigenvalue weighted by molar-refractivity contribution is 6.33. The Morgan fingerprint density at radius 3 is 2.54 bits per heavy atom. The van der Waals surface area contributed by atoms with Gasteiger partial charge in [0.2, 0.25) is 11.8 Å². The lowest BCUT2D eigenvalue weighted by Crippen LogP contribution is -2.50. The highest BCUT2D eigenvalue weighted by atomic mass is 35.5. The first kappa shape index (κ1) is 20.0. The molecule has 1 aliphatic rings. The lowest BCUT2D eigenvalue weighted by atomic mass is 10.2. The molecule has 3 rings (SSSR count). The molecule has 0 aliphatic carbocycles. The number of halogens is 2. The highest BCUT2D eigenvalue weighted by Crippen LogP contribution is 2.20. The molecule has 146 valence electrons. The van der Waals surface area contributed by atoms with Crippen molar-refractivity contribution in [2.75, 3.05) is 38.0 Å². The summed E-state index contributed by atoms with van der Waals surface area (Å²) in [5.41, 5.74) is 1.23. The Kier molecular flexibility index (Phi) is 6.79. The van der Waals surface area contributed by atoms with Gasteiger partial charge in [-0.3, -0.25) is 14.5 Å². The van der Waals surface area contributed by atoms with Crippen molar-refractivity contribution in [1.82, 2.24) is 9.80 Å². The van der Waals surface area contributed by atoms with Crippen LogP contribution in [0.4, 0.5) is 10.1 Å². The number of carbonyl (C=O) groups excluding carboxylic acids is 2. The molecule has 2 aromatic carbocycles. The molecule has 0 bridgehead atoms. The zero-order chi connectivity index (χ0) is 19.9. The molecule has 0 saturated carbocycles. The number of carbonyl (C=O) groups is 2. The van der Waals surface area contributed by atoms with E-state index < -0.39 is 0 Å². The second-order valence-electron chi connectivity index (χ2n) is 6.52. The molecule has 0 aromatic heterocycles. The van der Waals surface area contributed by atoms with E-state index in [0.29, 0.717) is 42.5 Å². The third-order valence-electron chi connectivity index (χ3n) is 4.47. The Morgan fingerprint density at radius 1 is 1.07 bits per heavy atom. The highest BCUT2D eigenvalue weighted by Gasteiger charge is 2.21. The number of nitrogens with zero attached hydrogens (tertiary/aromatic N) is 2. The molecule has 0 atom stereocenters. The summed E-state index contributed by atoms with van der Waals surface area (Å²) in [5.74, 6) is -0.596. The van der Waals surface area contributed by atoms with Gasteiger partial charge in [-0.25, -0.2) is 4.39 Å². The molecule has 1 saturated heterocycles. The van der Waals surface area contributed by atoms with Gasteiger partial charge < -0.3 is 10.2 Å². The quantitative estimate of drug-likeness (QED) is 0.782. The van der Waals surface area contributed by atoms with E-state index in [-0.39, 0.29) is 24.2 Å². The first-order valence-electron chi connectivity index (χ1n) is 9.00. The summed E-state index contributed by atoms with van der Waals surface area (Å²) in [6.07, 6.45) is 3.06. The zero-order valence-corrected chi connectivity index (χ0v) is 16.0. The van der Waals surface area contributed by atoms with Gasteiger partial charge in [0.25, 0.3) is 0 Å². The van der Waals surface area contributed by atoms with Crippen LogP contribution in [0.15, 0.2) is 54.6 Å². The third kappa shape index (κ3) is 5.65. The fraction of sp³-hybridized carbons (Fsp3) is 0.238. The predicted octanol–water partition coefficient (Wildman–Crippen LogP) is 3.28. The smallest absolute Gasteiger partial charge is 0.246 e. The van der Waals surface area contributed by atoms with Crippen molar-refractivity contribution in [3.63, 3.8) is 0 Å². The second kappa shape index (κ2) is 9.48. The minimum absolute atomic E-state index is 0.121. The molecule has 0 radical (unpaired) electrons. The molecule has 7 heteroatoms. The van der Waals surface area contributed by atoms with Gasteiger partial charge in [0.15, 0.2) is 0 Å². The average Bonchev–Trinajstić information content (AvgIpc) is 2.68. The topological polar surface area (TPSA) is 52.7 Å². The Morgan fingerprint density at radius 2 is 1.82 bits per heavy atom. The molecular weight excluding hydrogens is 381 g/mol. The monoisotopic (exact) mass is 401 g/mol. The van der Waals surface area contributed by atoms with Crippen LogP contribution >= 0.6 is 11.6 Å². The van der Waals surface area contributed by atoms with Crippen LogP contribution < -0.4 is 5.32 Å². The van der Waals surface area contributed by atoms with E-state index in [9.17, 15) is 14.0 Å². The minimum Gasteiger partial charge on any atom is -0.337 e. The van der Waals surface area contributed by atoms with Gasteiger partial charge in [0.1, 0.15) is 5.82 Å². The van der Waals surface area contributed by atoms with Crippen LogP contribution in [0.25, 0.3) is 6.08 Å². The van der Waals surface area contributed by atoms with E-state index in [1.165, 1.54) is 18.2 Å². The summed E-state index contributed by atoms with van der Waals surface area (Å²) >= 11 is 6.05. The van der Waals surface area contributed by atoms with Gasteiger partial charge >= 0.3 is 0 Å². The number of hydrogen-bond acceptors (Lipinski definition) is 3. The zero-order valence-electron chi connectivity index (χ0n) is 15.3. The van der Waals surface area contributed by atoms with E-state index in [2.05, 4.69) is 5.32 Å². The SMILES string of the molecule is O=C(CN1CCN(C(=O)/C=C/c2cccc(F)c2)CC1)Nc1ccccc1Cl. The number of hydrogen-bond donors (Lipinski definition) is 1. The van der Waals surface area contributed by atoms with Gasteiger partial charge in [-0.15, -0.1) is 0 Å². The Bertz CT molecular complexity index is 879. The first-order chi connectivity index (χ1) is 13.5. The fourth-order valence-electron chi connectivity index (χ4n) is 2.96.